The first-order valence-corrected chi connectivity index (χ1v) is 6.40. The Labute approximate surface area is 109 Å². The van der Waals surface area contributed by atoms with Gasteiger partial charge < -0.3 is 11.1 Å². The summed E-state index contributed by atoms with van der Waals surface area (Å²) in [7, 11) is 1.67. The predicted octanol–water partition coefficient (Wildman–Crippen LogP) is 1.10. The van der Waals surface area contributed by atoms with Gasteiger partial charge in [-0.15, -0.1) is 0 Å². The summed E-state index contributed by atoms with van der Waals surface area (Å²) in [5.41, 5.74) is 7.97. The number of benzene rings is 1. The molecule has 1 aromatic carbocycles. The van der Waals surface area contributed by atoms with E-state index in [1.165, 1.54) is 5.56 Å². The number of amides is 1. The molecule has 1 rings (SSSR count). The zero-order valence-corrected chi connectivity index (χ0v) is 11.3. The van der Waals surface area contributed by atoms with Crippen LogP contribution in [0.4, 0.5) is 0 Å². The molecule has 1 aromatic rings. The second-order valence-corrected chi connectivity index (χ2v) is 4.41. The highest BCUT2D eigenvalue weighted by atomic mass is 16.1. The standard InChI is InChI=1S/C14H23N3O/c1-3-7-17(11-14(18)16-2)10-13-6-4-5-12(8-13)9-15/h4-6,8H,3,7,9-11,15H2,1-2H3,(H,16,18). The smallest absolute Gasteiger partial charge is 0.233 e. The number of hydrogen-bond donors (Lipinski definition) is 2. The molecular weight excluding hydrogens is 226 g/mol. The van der Waals surface area contributed by atoms with Crippen molar-refractivity contribution in [1.29, 1.82) is 0 Å². The van der Waals surface area contributed by atoms with E-state index in [0.29, 0.717) is 13.1 Å². The number of nitrogens with two attached hydrogens (primary N) is 1. The van der Waals surface area contributed by atoms with E-state index >= 15 is 0 Å². The van der Waals surface area contributed by atoms with Gasteiger partial charge in [0.1, 0.15) is 0 Å². The molecule has 4 heteroatoms. The number of nitrogens with one attached hydrogen (secondary N) is 1. The Bertz CT molecular complexity index is 379. The van der Waals surface area contributed by atoms with Crippen LogP contribution < -0.4 is 11.1 Å². The Kier molecular flexibility index (Phi) is 6.39. The number of nitrogens with zero attached hydrogens (tertiary/aromatic N) is 1. The molecule has 0 heterocycles. The first-order chi connectivity index (χ1) is 8.69. The molecule has 3 N–H and O–H groups in total. The average Bonchev–Trinajstić information content (AvgIpc) is 2.39. The summed E-state index contributed by atoms with van der Waals surface area (Å²) >= 11 is 0. The molecular formula is C14H23N3O. The van der Waals surface area contributed by atoms with Gasteiger partial charge in [-0.25, -0.2) is 0 Å². The van der Waals surface area contributed by atoms with Crippen molar-refractivity contribution < 1.29 is 4.79 Å². The van der Waals surface area contributed by atoms with Gasteiger partial charge in [-0.1, -0.05) is 31.2 Å². The van der Waals surface area contributed by atoms with Gasteiger partial charge in [0.2, 0.25) is 5.91 Å². The third-order valence-corrected chi connectivity index (χ3v) is 2.82. The zero-order chi connectivity index (χ0) is 13.4. The van der Waals surface area contributed by atoms with E-state index in [2.05, 4.69) is 29.3 Å². The Morgan fingerprint density at radius 3 is 2.72 bits per heavy atom. The fourth-order valence-corrected chi connectivity index (χ4v) is 1.93. The fourth-order valence-electron chi connectivity index (χ4n) is 1.93. The maximum Gasteiger partial charge on any atom is 0.233 e. The minimum absolute atomic E-state index is 0.0541. The molecule has 1 amide bonds. The summed E-state index contributed by atoms with van der Waals surface area (Å²) in [6, 6.07) is 8.21. The normalized spacial score (nSPS) is 10.7. The minimum atomic E-state index is 0.0541. The third kappa shape index (κ3) is 4.85. The molecule has 0 aromatic heterocycles. The van der Waals surface area contributed by atoms with Crippen LogP contribution in [-0.2, 0) is 17.9 Å². The van der Waals surface area contributed by atoms with Crippen molar-refractivity contribution in [3.63, 3.8) is 0 Å². The van der Waals surface area contributed by atoms with Crippen LogP contribution in [0.25, 0.3) is 0 Å². The van der Waals surface area contributed by atoms with Crippen LogP contribution in [0.5, 0.6) is 0 Å². The lowest BCUT2D eigenvalue weighted by Crippen LogP contribution is -2.35. The molecule has 0 saturated carbocycles. The van der Waals surface area contributed by atoms with Crippen LogP contribution >= 0.6 is 0 Å². The molecule has 0 saturated heterocycles. The van der Waals surface area contributed by atoms with E-state index in [9.17, 15) is 4.79 Å². The van der Waals surface area contributed by atoms with E-state index < -0.39 is 0 Å². The number of carbonyl (C=O) groups is 1. The molecule has 0 bridgehead atoms. The Morgan fingerprint density at radius 2 is 2.11 bits per heavy atom. The minimum Gasteiger partial charge on any atom is -0.358 e. The summed E-state index contributed by atoms with van der Waals surface area (Å²) in [5, 5.41) is 2.66. The van der Waals surface area contributed by atoms with Gasteiger partial charge in [0.05, 0.1) is 6.54 Å². The van der Waals surface area contributed by atoms with Crippen molar-refractivity contribution in [3.8, 4) is 0 Å². The molecule has 0 aliphatic rings. The van der Waals surface area contributed by atoms with Crippen LogP contribution in [0.1, 0.15) is 24.5 Å². The number of rotatable bonds is 7. The summed E-state index contributed by atoms with van der Waals surface area (Å²) in [4.78, 5) is 13.6. The van der Waals surface area contributed by atoms with E-state index in [1.54, 1.807) is 7.05 Å². The Hall–Kier alpha value is -1.39. The molecule has 0 spiro atoms. The van der Waals surface area contributed by atoms with Gasteiger partial charge in [-0.05, 0) is 24.1 Å². The highest BCUT2D eigenvalue weighted by Crippen LogP contribution is 2.08. The second-order valence-electron chi connectivity index (χ2n) is 4.41. The highest BCUT2D eigenvalue weighted by Gasteiger charge is 2.09. The van der Waals surface area contributed by atoms with Gasteiger partial charge >= 0.3 is 0 Å². The van der Waals surface area contributed by atoms with Crippen molar-refractivity contribution in [2.45, 2.75) is 26.4 Å². The van der Waals surface area contributed by atoms with Crippen molar-refractivity contribution in [1.82, 2.24) is 10.2 Å². The molecule has 100 valence electrons. The average molecular weight is 249 g/mol. The Morgan fingerprint density at radius 1 is 1.39 bits per heavy atom. The lowest BCUT2D eigenvalue weighted by Gasteiger charge is -2.21. The fraction of sp³-hybridized carbons (Fsp3) is 0.500. The topological polar surface area (TPSA) is 58.4 Å². The van der Waals surface area contributed by atoms with Crippen molar-refractivity contribution in [2.24, 2.45) is 5.73 Å². The first kappa shape index (κ1) is 14.7. The third-order valence-electron chi connectivity index (χ3n) is 2.82. The van der Waals surface area contributed by atoms with Crippen LogP contribution in [0.2, 0.25) is 0 Å². The van der Waals surface area contributed by atoms with Crippen LogP contribution in [-0.4, -0.2) is 30.9 Å². The molecule has 0 radical (unpaired) electrons. The molecule has 0 aliphatic carbocycles. The van der Waals surface area contributed by atoms with E-state index in [4.69, 9.17) is 5.73 Å². The van der Waals surface area contributed by atoms with E-state index in [0.717, 1.165) is 25.1 Å². The summed E-state index contributed by atoms with van der Waals surface area (Å²) in [5.74, 6) is 0.0541. The number of carbonyl (C=O) groups excluding carboxylic acids is 1. The summed E-state index contributed by atoms with van der Waals surface area (Å²) < 4.78 is 0. The molecule has 18 heavy (non-hydrogen) atoms. The largest absolute Gasteiger partial charge is 0.358 e. The first-order valence-electron chi connectivity index (χ1n) is 6.40. The van der Waals surface area contributed by atoms with Gasteiger partial charge in [-0.3, -0.25) is 9.69 Å². The van der Waals surface area contributed by atoms with Gasteiger partial charge in [-0.2, -0.15) is 0 Å². The molecule has 0 unspecified atom stereocenters. The molecule has 0 atom stereocenters. The SMILES string of the molecule is CCCN(CC(=O)NC)Cc1cccc(CN)c1. The van der Waals surface area contributed by atoms with E-state index in [1.807, 2.05) is 12.1 Å². The lowest BCUT2D eigenvalue weighted by atomic mass is 10.1. The predicted molar refractivity (Wildman–Crippen MR) is 74.0 cm³/mol. The summed E-state index contributed by atoms with van der Waals surface area (Å²) in [6.07, 6.45) is 1.04. The highest BCUT2D eigenvalue weighted by molar-refractivity contribution is 5.77. The monoisotopic (exact) mass is 249 g/mol. The van der Waals surface area contributed by atoms with Crippen molar-refractivity contribution in [3.05, 3.63) is 35.4 Å². The van der Waals surface area contributed by atoms with Gasteiger partial charge in [0, 0.05) is 20.1 Å². The zero-order valence-electron chi connectivity index (χ0n) is 11.3. The second kappa shape index (κ2) is 7.84. The lowest BCUT2D eigenvalue weighted by molar-refractivity contribution is -0.121. The van der Waals surface area contributed by atoms with Crippen LogP contribution in [0, 0.1) is 0 Å². The number of hydrogen-bond acceptors (Lipinski definition) is 3. The quantitative estimate of drug-likeness (QED) is 0.761. The maximum absolute atomic E-state index is 11.4. The summed E-state index contributed by atoms with van der Waals surface area (Å²) in [6.45, 7) is 4.82. The van der Waals surface area contributed by atoms with Gasteiger partial charge in [0.25, 0.3) is 0 Å². The van der Waals surface area contributed by atoms with Crippen LogP contribution in [0.15, 0.2) is 24.3 Å². The maximum atomic E-state index is 11.4. The Balaban J connectivity index is 2.66. The molecule has 0 aliphatic heterocycles. The van der Waals surface area contributed by atoms with E-state index in [-0.39, 0.29) is 5.91 Å². The molecule has 0 fully saturated rings. The van der Waals surface area contributed by atoms with Crippen molar-refractivity contribution in [2.75, 3.05) is 20.1 Å². The number of likely N-dealkylation sites (N-methyl/N-ethyl adjacent to an activating group) is 1. The molecule has 4 nitrogen and oxygen atoms in total. The van der Waals surface area contributed by atoms with Crippen LogP contribution in [0.3, 0.4) is 0 Å². The van der Waals surface area contributed by atoms with Crippen molar-refractivity contribution >= 4 is 5.91 Å². The van der Waals surface area contributed by atoms with Gasteiger partial charge in [0.15, 0.2) is 0 Å².